The van der Waals surface area contributed by atoms with E-state index in [0.29, 0.717) is 11.6 Å². The number of primary amides is 1. The molecule has 1 aromatic rings. The summed E-state index contributed by atoms with van der Waals surface area (Å²) in [4.78, 5) is 13.5. The zero-order chi connectivity index (χ0) is 13.1. The Balaban J connectivity index is 2.07. The first-order valence-corrected chi connectivity index (χ1v) is 6.41. The first-order valence-electron chi connectivity index (χ1n) is 6.41. The van der Waals surface area contributed by atoms with Crippen molar-refractivity contribution in [2.45, 2.75) is 26.4 Å². The largest absolute Gasteiger partial charge is 0.366 e. The fourth-order valence-electron chi connectivity index (χ4n) is 2.42. The summed E-state index contributed by atoms with van der Waals surface area (Å²) in [6.45, 7) is 8.36. The van der Waals surface area contributed by atoms with Crippen LogP contribution in [0.5, 0.6) is 0 Å². The molecule has 0 aromatic heterocycles. The summed E-state index contributed by atoms with van der Waals surface area (Å²) >= 11 is 0. The molecule has 98 valence electrons. The molecular weight excluding hydrogens is 226 g/mol. The standard InChI is InChI=1S/C14H21N3O/c1-10-7-12(14(15)18)3-4-13(10)9-17-6-5-16-11(2)8-17/h3-4,7,11,16H,5-6,8-9H2,1-2H3,(H2,15,18)/t11-/m1/s1. The van der Waals surface area contributed by atoms with E-state index < -0.39 is 0 Å². The van der Waals surface area contributed by atoms with Crippen LogP contribution in [0.15, 0.2) is 18.2 Å². The maximum absolute atomic E-state index is 11.1. The highest BCUT2D eigenvalue weighted by atomic mass is 16.1. The number of piperazine rings is 1. The van der Waals surface area contributed by atoms with Crippen molar-refractivity contribution in [1.29, 1.82) is 0 Å². The number of amides is 1. The Morgan fingerprint density at radius 2 is 2.33 bits per heavy atom. The predicted octanol–water partition coefficient (Wildman–Crippen LogP) is 0.888. The van der Waals surface area contributed by atoms with Gasteiger partial charge in [-0.05, 0) is 37.1 Å². The van der Waals surface area contributed by atoms with Crippen LogP contribution in [0.4, 0.5) is 0 Å². The number of nitrogens with two attached hydrogens (primary N) is 1. The third-order valence-corrected chi connectivity index (χ3v) is 3.47. The van der Waals surface area contributed by atoms with E-state index in [0.717, 1.165) is 31.7 Å². The highest BCUT2D eigenvalue weighted by Gasteiger charge is 2.16. The second-order valence-electron chi connectivity index (χ2n) is 5.10. The molecule has 4 nitrogen and oxygen atoms in total. The number of hydrogen-bond donors (Lipinski definition) is 2. The van der Waals surface area contributed by atoms with Crippen molar-refractivity contribution in [1.82, 2.24) is 10.2 Å². The topological polar surface area (TPSA) is 58.4 Å². The lowest BCUT2D eigenvalue weighted by atomic mass is 10.0. The lowest BCUT2D eigenvalue weighted by molar-refractivity contribution is 0.1000. The van der Waals surface area contributed by atoms with Crippen molar-refractivity contribution < 1.29 is 4.79 Å². The van der Waals surface area contributed by atoms with Gasteiger partial charge in [0.05, 0.1) is 0 Å². The molecule has 0 saturated carbocycles. The van der Waals surface area contributed by atoms with Crippen molar-refractivity contribution in [2.75, 3.05) is 19.6 Å². The molecular formula is C14H21N3O. The Bertz CT molecular complexity index is 445. The second kappa shape index (κ2) is 5.50. The van der Waals surface area contributed by atoms with Gasteiger partial charge in [-0.25, -0.2) is 0 Å². The Hall–Kier alpha value is -1.39. The molecule has 1 aliphatic heterocycles. The normalized spacial score (nSPS) is 20.9. The molecule has 3 N–H and O–H groups in total. The zero-order valence-electron chi connectivity index (χ0n) is 11.1. The third kappa shape index (κ3) is 3.09. The lowest BCUT2D eigenvalue weighted by Gasteiger charge is -2.32. The lowest BCUT2D eigenvalue weighted by Crippen LogP contribution is -2.48. The van der Waals surface area contributed by atoms with Crippen LogP contribution in [0.25, 0.3) is 0 Å². The number of nitrogens with one attached hydrogen (secondary N) is 1. The van der Waals surface area contributed by atoms with Crippen LogP contribution in [0, 0.1) is 6.92 Å². The number of rotatable bonds is 3. The maximum atomic E-state index is 11.1. The van der Waals surface area contributed by atoms with E-state index in [4.69, 9.17) is 5.73 Å². The van der Waals surface area contributed by atoms with E-state index in [9.17, 15) is 4.79 Å². The van der Waals surface area contributed by atoms with Crippen LogP contribution in [0.3, 0.4) is 0 Å². The zero-order valence-corrected chi connectivity index (χ0v) is 11.1. The molecule has 1 saturated heterocycles. The van der Waals surface area contributed by atoms with Crippen LogP contribution in [0.1, 0.15) is 28.4 Å². The van der Waals surface area contributed by atoms with E-state index in [1.807, 2.05) is 25.1 Å². The molecule has 0 unspecified atom stereocenters. The highest BCUT2D eigenvalue weighted by Crippen LogP contribution is 2.14. The molecule has 1 heterocycles. The van der Waals surface area contributed by atoms with Gasteiger partial charge in [0.2, 0.25) is 5.91 Å². The average Bonchev–Trinajstić information content (AvgIpc) is 2.31. The van der Waals surface area contributed by atoms with Gasteiger partial charge in [-0.15, -0.1) is 0 Å². The number of nitrogens with zero attached hydrogens (tertiary/aromatic N) is 1. The number of carbonyl (C=O) groups is 1. The predicted molar refractivity (Wildman–Crippen MR) is 72.4 cm³/mol. The highest BCUT2D eigenvalue weighted by molar-refractivity contribution is 5.93. The summed E-state index contributed by atoms with van der Waals surface area (Å²) in [6, 6.07) is 6.26. The molecule has 0 aliphatic carbocycles. The van der Waals surface area contributed by atoms with Gasteiger partial charge in [-0.1, -0.05) is 6.07 Å². The summed E-state index contributed by atoms with van der Waals surface area (Å²) < 4.78 is 0. The van der Waals surface area contributed by atoms with E-state index >= 15 is 0 Å². The van der Waals surface area contributed by atoms with Crippen LogP contribution < -0.4 is 11.1 Å². The first kappa shape index (κ1) is 13.1. The number of carbonyl (C=O) groups excluding carboxylic acids is 1. The number of hydrogen-bond acceptors (Lipinski definition) is 3. The number of aryl methyl sites for hydroxylation is 1. The molecule has 1 amide bonds. The Labute approximate surface area is 108 Å². The fraction of sp³-hybridized carbons (Fsp3) is 0.500. The summed E-state index contributed by atoms with van der Waals surface area (Å²) in [6.07, 6.45) is 0. The van der Waals surface area contributed by atoms with Crippen LogP contribution >= 0.6 is 0 Å². The maximum Gasteiger partial charge on any atom is 0.248 e. The molecule has 2 rings (SSSR count). The van der Waals surface area contributed by atoms with Gasteiger partial charge < -0.3 is 11.1 Å². The summed E-state index contributed by atoms with van der Waals surface area (Å²) in [7, 11) is 0. The van der Waals surface area contributed by atoms with E-state index in [1.165, 1.54) is 5.56 Å². The van der Waals surface area contributed by atoms with Crippen molar-refractivity contribution in [2.24, 2.45) is 5.73 Å². The molecule has 1 aliphatic rings. The monoisotopic (exact) mass is 247 g/mol. The van der Waals surface area contributed by atoms with Crippen molar-refractivity contribution >= 4 is 5.91 Å². The van der Waals surface area contributed by atoms with Gasteiger partial charge in [0.1, 0.15) is 0 Å². The van der Waals surface area contributed by atoms with Gasteiger partial charge in [0.25, 0.3) is 0 Å². The summed E-state index contributed by atoms with van der Waals surface area (Å²) in [5, 5.41) is 3.43. The smallest absolute Gasteiger partial charge is 0.248 e. The molecule has 1 fully saturated rings. The Kier molecular flexibility index (Phi) is 3.99. The van der Waals surface area contributed by atoms with Crippen LogP contribution in [-0.2, 0) is 6.54 Å². The Morgan fingerprint density at radius 3 is 2.94 bits per heavy atom. The first-order chi connectivity index (χ1) is 8.56. The van der Waals surface area contributed by atoms with E-state index in [1.54, 1.807) is 0 Å². The minimum Gasteiger partial charge on any atom is -0.366 e. The van der Waals surface area contributed by atoms with Gasteiger partial charge >= 0.3 is 0 Å². The third-order valence-electron chi connectivity index (χ3n) is 3.47. The second-order valence-corrected chi connectivity index (χ2v) is 5.10. The molecule has 1 atom stereocenters. The minimum atomic E-state index is -0.361. The van der Waals surface area contributed by atoms with Crippen molar-refractivity contribution in [3.63, 3.8) is 0 Å². The minimum absolute atomic E-state index is 0.361. The molecule has 0 radical (unpaired) electrons. The quantitative estimate of drug-likeness (QED) is 0.834. The van der Waals surface area contributed by atoms with Gasteiger partial charge in [-0.2, -0.15) is 0 Å². The molecule has 1 aromatic carbocycles. The summed E-state index contributed by atoms with van der Waals surface area (Å²) in [5.74, 6) is -0.361. The van der Waals surface area contributed by atoms with Gasteiger partial charge in [-0.3, -0.25) is 9.69 Å². The number of benzene rings is 1. The molecule has 18 heavy (non-hydrogen) atoms. The average molecular weight is 247 g/mol. The molecule has 0 bridgehead atoms. The van der Waals surface area contributed by atoms with E-state index in [2.05, 4.69) is 17.1 Å². The van der Waals surface area contributed by atoms with Crippen molar-refractivity contribution in [3.8, 4) is 0 Å². The SMILES string of the molecule is Cc1cc(C(N)=O)ccc1CN1CCN[C@H](C)C1. The van der Waals surface area contributed by atoms with Crippen molar-refractivity contribution in [3.05, 3.63) is 34.9 Å². The van der Waals surface area contributed by atoms with E-state index in [-0.39, 0.29) is 5.91 Å². The summed E-state index contributed by atoms with van der Waals surface area (Å²) in [5.41, 5.74) is 8.27. The van der Waals surface area contributed by atoms with Gasteiger partial charge in [0.15, 0.2) is 0 Å². The van der Waals surface area contributed by atoms with Crippen LogP contribution in [-0.4, -0.2) is 36.5 Å². The fourth-order valence-corrected chi connectivity index (χ4v) is 2.42. The molecule has 4 heteroatoms. The Morgan fingerprint density at radius 1 is 1.56 bits per heavy atom. The van der Waals surface area contributed by atoms with Gasteiger partial charge in [0, 0.05) is 37.8 Å². The van der Waals surface area contributed by atoms with Crippen LogP contribution in [0.2, 0.25) is 0 Å². The molecule has 0 spiro atoms.